The Bertz CT molecular complexity index is 473. The number of likely N-dealkylation sites (tertiary alicyclic amines) is 1. The van der Waals surface area contributed by atoms with Gasteiger partial charge in [-0.05, 0) is 36.5 Å². The van der Waals surface area contributed by atoms with Gasteiger partial charge in [-0.25, -0.2) is 0 Å². The Kier molecular flexibility index (Phi) is 3.93. The Labute approximate surface area is 119 Å². The topological polar surface area (TPSA) is 20.3 Å². The summed E-state index contributed by atoms with van der Waals surface area (Å²) in [7, 11) is 0. The molecule has 1 saturated heterocycles. The Hall–Kier alpha value is -0.670. The first-order valence-electron chi connectivity index (χ1n) is 6.17. The number of benzene rings is 1. The molecule has 0 unspecified atom stereocenters. The van der Waals surface area contributed by atoms with E-state index in [1.165, 1.54) is 0 Å². The van der Waals surface area contributed by atoms with Gasteiger partial charge in [0.2, 0.25) is 0 Å². The van der Waals surface area contributed by atoms with Crippen molar-refractivity contribution in [3.05, 3.63) is 28.8 Å². The quantitative estimate of drug-likeness (QED) is 0.775. The van der Waals surface area contributed by atoms with Crippen LogP contribution in [0.3, 0.4) is 0 Å². The number of hydrogen-bond acceptors (Lipinski definition) is 2. The third kappa shape index (κ3) is 3.01. The Morgan fingerprint density at radius 2 is 2.17 bits per heavy atom. The highest BCUT2D eigenvalue weighted by Crippen LogP contribution is 2.30. The van der Waals surface area contributed by atoms with Gasteiger partial charge in [-0.15, -0.1) is 12.6 Å². The second-order valence-electron chi connectivity index (χ2n) is 5.66. The minimum absolute atomic E-state index is 0.0173. The summed E-state index contributed by atoms with van der Waals surface area (Å²) < 4.78 is 0. The molecule has 1 aromatic rings. The molecule has 0 N–H and O–H groups in total. The van der Waals surface area contributed by atoms with E-state index in [0.717, 1.165) is 30.8 Å². The second-order valence-corrected chi connectivity index (χ2v) is 6.58. The average molecular weight is 284 g/mol. The van der Waals surface area contributed by atoms with Gasteiger partial charge in [0.05, 0.1) is 10.6 Å². The first-order valence-corrected chi connectivity index (χ1v) is 6.99. The molecule has 4 heteroatoms. The fourth-order valence-corrected chi connectivity index (χ4v) is 2.85. The third-order valence-corrected chi connectivity index (χ3v) is 3.98. The largest absolute Gasteiger partial charge is 0.338 e. The fraction of sp³-hybridized carbons (Fsp3) is 0.500. The molecule has 0 saturated carbocycles. The fourth-order valence-electron chi connectivity index (χ4n) is 2.44. The lowest BCUT2D eigenvalue weighted by Gasteiger charge is -2.38. The molecule has 1 amide bonds. The van der Waals surface area contributed by atoms with Crippen molar-refractivity contribution in [2.45, 2.75) is 31.6 Å². The number of carbonyl (C=O) groups is 1. The van der Waals surface area contributed by atoms with Gasteiger partial charge in [0, 0.05) is 18.0 Å². The maximum absolute atomic E-state index is 12.5. The Morgan fingerprint density at radius 3 is 2.83 bits per heavy atom. The lowest BCUT2D eigenvalue weighted by atomic mass is 9.84. The molecule has 1 fully saturated rings. The van der Waals surface area contributed by atoms with Crippen LogP contribution in [0.15, 0.2) is 23.1 Å². The van der Waals surface area contributed by atoms with Gasteiger partial charge in [0.1, 0.15) is 0 Å². The van der Waals surface area contributed by atoms with E-state index in [0.29, 0.717) is 10.6 Å². The summed E-state index contributed by atoms with van der Waals surface area (Å²) >= 11 is 10.4. The third-order valence-electron chi connectivity index (χ3n) is 3.37. The van der Waals surface area contributed by atoms with Gasteiger partial charge in [-0.2, -0.15) is 0 Å². The van der Waals surface area contributed by atoms with Crippen molar-refractivity contribution in [3.63, 3.8) is 0 Å². The number of hydrogen-bond donors (Lipinski definition) is 1. The van der Waals surface area contributed by atoms with Crippen molar-refractivity contribution in [2.75, 3.05) is 13.1 Å². The van der Waals surface area contributed by atoms with Gasteiger partial charge in [0.15, 0.2) is 0 Å². The van der Waals surface area contributed by atoms with Crippen LogP contribution < -0.4 is 0 Å². The molecule has 0 aliphatic carbocycles. The predicted molar refractivity (Wildman–Crippen MR) is 77.6 cm³/mol. The van der Waals surface area contributed by atoms with E-state index >= 15 is 0 Å². The predicted octanol–water partition coefficient (Wildman–Crippen LogP) is 3.89. The number of amides is 1. The van der Waals surface area contributed by atoms with E-state index < -0.39 is 0 Å². The van der Waals surface area contributed by atoms with Crippen LogP contribution in [0, 0.1) is 5.41 Å². The Balaban J connectivity index is 2.23. The van der Waals surface area contributed by atoms with Gasteiger partial charge < -0.3 is 4.90 Å². The average Bonchev–Trinajstić information content (AvgIpc) is 2.30. The summed E-state index contributed by atoms with van der Waals surface area (Å²) in [5.74, 6) is 0.0173. The van der Waals surface area contributed by atoms with Crippen LogP contribution in [0.5, 0.6) is 0 Å². The molecule has 0 aromatic heterocycles. The zero-order chi connectivity index (χ0) is 13.3. The van der Waals surface area contributed by atoms with Crippen molar-refractivity contribution >= 4 is 30.1 Å². The zero-order valence-corrected chi connectivity index (χ0v) is 12.4. The molecule has 0 radical (unpaired) electrons. The molecule has 98 valence electrons. The van der Waals surface area contributed by atoms with E-state index in [1.807, 2.05) is 4.90 Å². The van der Waals surface area contributed by atoms with Gasteiger partial charge in [0.25, 0.3) is 5.91 Å². The summed E-state index contributed by atoms with van der Waals surface area (Å²) in [5.41, 5.74) is 0.751. The lowest BCUT2D eigenvalue weighted by molar-refractivity contribution is 0.0583. The summed E-state index contributed by atoms with van der Waals surface area (Å²) in [5, 5.41) is 0.501. The van der Waals surface area contributed by atoms with Gasteiger partial charge >= 0.3 is 0 Å². The first-order chi connectivity index (χ1) is 8.39. The van der Waals surface area contributed by atoms with Crippen LogP contribution in [-0.4, -0.2) is 23.9 Å². The zero-order valence-electron chi connectivity index (χ0n) is 10.7. The highest BCUT2D eigenvalue weighted by Gasteiger charge is 2.30. The number of halogens is 1. The molecule has 1 aliphatic heterocycles. The van der Waals surface area contributed by atoms with E-state index in [4.69, 9.17) is 11.6 Å². The molecule has 1 aliphatic rings. The van der Waals surface area contributed by atoms with Crippen LogP contribution >= 0.6 is 24.2 Å². The van der Waals surface area contributed by atoms with Crippen molar-refractivity contribution in [1.82, 2.24) is 4.90 Å². The molecule has 2 rings (SSSR count). The summed E-state index contributed by atoms with van der Waals surface area (Å²) in [6.45, 7) is 6.00. The standard InChI is InChI=1S/C14H18ClNOS/c1-14(2)6-3-7-16(9-14)13(17)11-8-10(18)4-5-12(11)15/h4-5,8,18H,3,6-7,9H2,1-2H3. The second kappa shape index (κ2) is 5.14. The van der Waals surface area contributed by atoms with E-state index in [1.54, 1.807) is 18.2 Å². The van der Waals surface area contributed by atoms with Crippen LogP contribution in [-0.2, 0) is 0 Å². The first kappa shape index (κ1) is 13.8. The molecule has 0 spiro atoms. The molecule has 0 bridgehead atoms. The van der Waals surface area contributed by atoms with Crippen LogP contribution in [0.4, 0.5) is 0 Å². The smallest absolute Gasteiger partial charge is 0.255 e. The molecule has 1 aromatic carbocycles. The molecule has 18 heavy (non-hydrogen) atoms. The van der Waals surface area contributed by atoms with Crippen molar-refractivity contribution in [2.24, 2.45) is 5.41 Å². The van der Waals surface area contributed by atoms with Gasteiger partial charge in [-0.1, -0.05) is 25.4 Å². The number of nitrogens with zero attached hydrogens (tertiary/aromatic N) is 1. The molecule has 1 heterocycles. The number of rotatable bonds is 1. The van der Waals surface area contributed by atoms with Crippen LogP contribution in [0.2, 0.25) is 5.02 Å². The SMILES string of the molecule is CC1(C)CCCN(C(=O)c2cc(S)ccc2Cl)C1. The van der Waals surface area contributed by atoms with Gasteiger partial charge in [-0.3, -0.25) is 4.79 Å². The maximum Gasteiger partial charge on any atom is 0.255 e. The lowest BCUT2D eigenvalue weighted by Crippen LogP contribution is -2.43. The molecule has 0 atom stereocenters. The normalized spacial score (nSPS) is 18.8. The van der Waals surface area contributed by atoms with Crippen molar-refractivity contribution in [1.29, 1.82) is 0 Å². The van der Waals surface area contributed by atoms with Crippen LogP contribution in [0.25, 0.3) is 0 Å². The summed E-state index contributed by atoms with van der Waals surface area (Å²) in [4.78, 5) is 15.1. The van der Waals surface area contributed by atoms with E-state index in [2.05, 4.69) is 26.5 Å². The monoisotopic (exact) mass is 283 g/mol. The highest BCUT2D eigenvalue weighted by molar-refractivity contribution is 7.80. The molecular weight excluding hydrogens is 266 g/mol. The summed E-state index contributed by atoms with van der Waals surface area (Å²) in [6, 6.07) is 5.27. The van der Waals surface area contributed by atoms with E-state index in [-0.39, 0.29) is 11.3 Å². The number of carbonyl (C=O) groups excluding carboxylic acids is 1. The minimum Gasteiger partial charge on any atom is -0.338 e. The molecule has 2 nitrogen and oxygen atoms in total. The number of piperidine rings is 1. The summed E-state index contributed by atoms with van der Waals surface area (Å²) in [6.07, 6.45) is 2.22. The van der Waals surface area contributed by atoms with Crippen LogP contribution in [0.1, 0.15) is 37.0 Å². The minimum atomic E-state index is 0.0173. The van der Waals surface area contributed by atoms with E-state index in [9.17, 15) is 4.79 Å². The molecular formula is C14H18ClNOS. The number of thiol groups is 1. The highest BCUT2D eigenvalue weighted by atomic mass is 35.5. The van der Waals surface area contributed by atoms with Crippen molar-refractivity contribution in [3.8, 4) is 0 Å². The Morgan fingerprint density at radius 1 is 1.44 bits per heavy atom. The maximum atomic E-state index is 12.5. The van der Waals surface area contributed by atoms with Crippen molar-refractivity contribution < 1.29 is 4.79 Å².